The smallest absolute Gasteiger partial charge is 0.194 e. The molecule has 1 aromatic rings. The van der Waals surface area contributed by atoms with E-state index in [9.17, 15) is 5.11 Å². The number of phenolic OH excluding ortho intramolecular Hbond substituents is 1. The standard InChI is InChI=1S/C18H29N3O3/c1-4-19-18(21-10-8-15(9-11-21)24-5-2)20-13-14-6-7-17(23-3)16(22)12-14/h6-7,12,15,22H,4-5,8-11,13H2,1-3H3,(H,19,20). The molecule has 2 rings (SSSR count). The summed E-state index contributed by atoms with van der Waals surface area (Å²) in [5.41, 5.74) is 0.952. The van der Waals surface area contributed by atoms with E-state index in [4.69, 9.17) is 14.5 Å². The second kappa shape index (κ2) is 9.37. The molecule has 0 spiro atoms. The molecule has 1 heterocycles. The van der Waals surface area contributed by atoms with Gasteiger partial charge in [0.15, 0.2) is 17.5 Å². The summed E-state index contributed by atoms with van der Waals surface area (Å²) in [5, 5.41) is 13.2. The van der Waals surface area contributed by atoms with Gasteiger partial charge in [-0.1, -0.05) is 6.07 Å². The Hall–Kier alpha value is -1.95. The van der Waals surface area contributed by atoms with E-state index < -0.39 is 0 Å². The highest BCUT2D eigenvalue weighted by Gasteiger charge is 2.21. The molecule has 1 saturated heterocycles. The van der Waals surface area contributed by atoms with Crippen LogP contribution in [0.1, 0.15) is 32.3 Å². The number of piperidine rings is 1. The average molecular weight is 335 g/mol. The lowest BCUT2D eigenvalue weighted by atomic mass is 10.1. The van der Waals surface area contributed by atoms with Gasteiger partial charge in [0.25, 0.3) is 0 Å². The van der Waals surface area contributed by atoms with Crippen LogP contribution in [0.15, 0.2) is 23.2 Å². The molecule has 0 aliphatic carbocycles. The van der Waals surface area contributed by atoms with Crippen LogP contribution in [-0.4, -0.2) is 55.4 Å². The number of nitrogens with zero attached hydrogens (tertiary/aromatic N) is 2. The monoisotopic (exact) mass is 335 g/mol. The Labute approximate surface area is 144 Å². The number of ether oxygens (including phenoxy) is 2. The summed E-state index contributed by atoms with van der Waals surface area (Å²) in [7, 11) is 1.54. The lowest BCUT2D eigenvalue weighted by Gasteiger charge is -2.34. The first-order chi connectivity index (χ1) is 11.7. The molecule has 0 radical (unpaired) electrons. The van der Waals surface area contributed by atoms with E-state index in [1.807, 2.05) is 13.0 Å². The quantitative estimate of drug-likeness (QED) is 0.617. The Morgan fingerprint density at radius 1 is 1.33 bits per heavy atom. The Bertz CT molecular complexity index is 540. The normalized spacial score (nSPS) is 16.3. The predicted octanol–water partition coefficient (Wildman–Crippen LogP) is 2.37. The molecule has 6 heteroatoms. The highest BCUT2D eigenvalue weighted by Crippen LogP contribution is 2.26. The van der Waals surface area contributed by atoms with E-state index in [0.29, 0.717) is 18.4 Å². The molecule has 1 aromatic carbocycles. The molecule has 6 nitrogen and oxygen atoms in total. The Kier molecular flexibility index (Phi) is 7.18. The summed E-state index contributed by atoms with van der Waals surface area (Å²) in [4.78, 5) is 6.99. The van der Waals surface area contributed by atoms with Crippen molar-refractivity contribution in [3.63, 3.8) is 0 Å². The van der Waals surface area contributed by atoms with E-state index in [2.05, 4.69) is 17.1 Å². The fraction of sp³-hybridized carbons (Fsp3) is 0.611. The fourth-order valence-electron chi connectivity index (χ4n) is 2.90. The topological polar surface area (TPSA) is 66.3 Å². The van der Waals surface area contributed by atoms with Crippen LogP contribution >= 0.6 is 0 Å². The minimum Gasteiger partial charge on any atom is -0.504 e. The number of benzene rings is 1. The highest BCUT2D eigenvalue weighted by atomic mass is 16.5. The van der Waals surface area contributed by atoms with Crippen molar-refractivity contribution in [2.45, 2.75) is 39.3 Å². The molecule has 1 aliphatic rings. The van der Waals surface area contributed by atoms with Crippen molar-refractivity contribution in [3.05, 3.63) is 23.8 Å². The maximum absolute atomic E-state index is 9.87. The van der Waals surface area contributed by atoms with Gasteiger partial charge in [-0.3, -0.25) is 0 Å². The van der Waals surface area contributed by atoms with E-state index in [0.717, 1.165) is 50.6 Å². The van der Waals surface area contributed by atoms with Gasteiger partial charge in [-0.2, -0.15) is 0 Å². The zero-order chi connectivity index (χ0) is 17.4. The van der Waals surface area contributed by atoms with Crippen molar-refractivity contribution in [1.29, 1.82) is 0 Å². The Morgan fingerprint density at radius 2 is 2.08 bits per heavy atom. The molecular formula is C18H29N3O3. The molecule has 134 valence electrons. The van der Waals surface area contributed by atoms with Crippen LogP contribution in [0.3, 0.4) is 0 Å². The van der Waals surface area contributed by atoms with Gasteiger partial charge in [0, 0.05) is 26.2 Å². The fourth-order valence-corrected chi connectivity index (χ4v) is 2.90. The van der Waals surface area contributed by atoms with Crippen LogP contribution < -0.4 is 10.1 Å². The molecule has 0 atom stereocenters. The first-order valence-corrected chi connectivity index (χ1v) is 8.68. The van der Waals surface area contributed by atoms with Gasteiger partial charge in [0.05, 0.1) is 19.8 Å². The molecule has 1 fully saturated rings. The maximum atomic E-state index is 9.87. The van der Waals surface area contributed by atoms with Crippen molar-refractivity contribution in [2.24, 2.45) is 4.99 Å². The minimum absolute atomic E-state index is 0.146. The SMILES string of the molecule is CCNC(=NCc1ccc(OC)c(O)c1)N1CCC(OCC)CC1. The molecule has 0 aromatic heterocycles. The molecule has 0 bridgehead atoms. The molecule has 0 amide bonds. The van der Waals surface area contributed by atoms with Gasteiger partial charge >= 0.3 is 0 Å². The second-order valence-electron chi connectivity index (χ2n) is 5.82. The molecular weight excluding hydrogens is 306 g/mol. The largest absolute Gasteiger partial charge is 0.504 e. The van der Waals surface area contributed by atoms with Gasteiger partial charge < -0.3 is 24.8 Å². The van der Waals surface area contributed by atoms with Gasteiger partial charge in [0.1, 0.15) is 0 Å². The lowest BCUT2D eigenvalue weighted by molar-refractivity contribution is 0.0263. The van der Waals surface area contributed by atoms with Crippen LogP contribution in [-0.2, 0) is 11.3 Å². The number of aromatic hydroxyl groups is 1. The number of guanidine groups is 1. The first-order valence-electron chi connectivity index (χ1n) is 8.68. The van der Waals surface area contributed by atoms with Crippen molar-refractivity contribution in [3.8, 4) is 11.5 Å². The van der Waals surface area contributed by atoms with Gasteiger partial charge in [-0.25, -0.2) is 4.99 Å². The molecule has 0 saturated carbocycles. The van der Waals surface area contributed by atoms with E-state index in [1.54, 1.807) is 19.2 Å². The summed E-state index contributed by atoms with van der Waals surface area (Å²) < 4.78 is 10.8. The number of likely N-dealkylation sites (tertiary alicyclic amines) is 1. The van der Waals surface area contributed by atoms with Crippen molar-refractivity contribution in [1.82, 2.24) is 10.2 Å². The minimum atomic E-state index is 0.146. The highest BCUT2D eigenvalue weighted by molar-refractivity contribution is 5.80. The third-order valence-corrected chi connectivity index (χ3v) is 4.13. The summed E-state index contributed by atoms with van der Waals surface area (Å²) in [5.74, 6) is 1.54. The van der Waals surface area contributed by atoms with Crippen LogP contribution in [0.5, 0.6) is 11.5 Å². The van der Waals surface area contributed by atoms with Gasteiger partial charge in [-0.05, 0) is 44.4 Å². The van der Waals surface area contributed by atoms with Crippen molar-refractivity contribution >= 4 is 5.96 Å². The number of hydrogen-bond donors (Lipinski definition) is 2. The number of nitrogens with one attached hydrogen (secondary N) is 1. The van der Waals surface area contributed by atoms with Crippen molar-refractivity contribution < 1.29 is 14.6 Å². The molecule has 2 N–H and O–H groups in total. The van der Waals surface area contributed by atoms with E-state index in [-0.39, 0.29) is 5.75 Å². The van der Waals surface area contributed by atoms with Crippen molar-refractivity contribution in [2.75, 3.05) is 33.4 Å². The van der Waals surface area contributed by atoms with E-state index >= 15 is 0 Å². The van der Waals surface area contributed by atoms with Crippen LogP contribution in [0.25, 0.3) is 0 Å². The third kappa shape index (κ3) is 5.03. The summed E-state index contributed by atoms with van der Waals surface area (Å²) in [6.45, 7) is 8.14. The van der Waals surface area contributed by atoms with Crippen LogP contribution in [0, 0.1) is 0 Å². The summed E-state index contributed by atoms with van der Waals surface area (Å²) in [6.07, 6.45) is 2.43. The zero-order valence-corrected chi connectivity index (χ0v) is 14.9. The third-order valence-electron chi connectivity index (χ3n) is 4.13. The second-order valence-corrected chi connectivity index (χ2v) is 5.82. The van der Waals surface area contributed by atoms with Crippen LogP contribution in [0.4, 0.5) is 0 Å². The number of aliphatic imine (C=N–C) groups is 1. The van der Waals surface area contributed by atoms with Crippen LogP contribution in [0.2, 0.25) is 0 Å². The Balaban J connectivity index is 1.99. The summed E-state index contributed by atoms with van der Waals surface area (Å²) >= 11 is 0. The maximum Gasteiger partial charge on any atom is 0.194 e. The zero-order valence-electron chi connectivity index (χ0n) is 14.9. The number of methoxy groups -OCH3 is 1. The van der Waals surface area contributed by atoms with Gasteiger partial charge in [-0.15, -0.1) is 0 Å². The molecule has 24 heavy (non-hydrogen) atoms. The van der Waals surface area contributed by atoms with E-state index in [1.165, 1.54) is 0 Å². The van der Waals surface area contributed by atoms with Gasteiger partial charge in [0.2, 0.25) is 0 Å². The Morgan fingerprint density at radius 3 is 2.67 bits per heavy atom. The number of rotatable bonds is 6. The predicted molar refractivity (Wildman–Crippen MR) is 95.7 cm³/mol. The molecule has 1 aliphatic heterocycles. The molecule has 0 unspecified atom stereocenters. The summed E-state index contributed by atoms with van der Waals surface area (Å²) in [6, 6.07) is 5.39. The average Bonchev–Trinajstić information content (AvgIpc) is 2.60. The lowest BCUT2D eigenvalue weighted by Crippen LogP contribution is -2.47. The number of hydrogen-bond acceptors (Lipinski definition) is 4. The first kappa shape index (κ1) is 18.4. The number of phenols is 1.